The molecule has 0 saturated heterocycles. The lowest BCUT2D eigenvalue weighted by Gasteiger charge is -2.21. The van der Waals surface area contributed by atoms with Crippen molar-refractivity contribution in [1.82, 2.24) is 4.90 Å². The Kier molecular flexibility index (Phi) is 9.11. The molecule has 0 atom stereocenters. The molecule has 0 bridgehead atoms. The Labute approximate surface area is 139 Å². The van der Waals surface area contributed by atoms with E-state index < -0.39 is 0 Å². The van der Waals surface area contributed by atoms with Crippen LogP contribution in [0.3, 0.4) is 0 Å². The molecule has 0 radical (unpaired) electrons. The first-order valence-electron chi connectivity index (χ1n) is 6.77. The Hall–Kier alpha value is -0.460. The van der Waals surface area contributed by atoms with Gasteiger partial charge in [-0.15, -0.1) is 0 Å². The number of hydrogen-bond acceptors (Lipinski definition) is 4. The third-order valence-corrected chi connectivity index (χ3v) is 3.92. The number of ketones is 1. The molecule has 0 N–H and O–H groups in total. The lowest BCUT2D eigenvalue weighted by Crippen LogP contribution is -2.32. The SMILES string of the molecule is COCCN(CCOC)CCC(=O)c1ccc(Br)cc1Cl. The molecule has 0 saturated carbocycles. The zero-order chi connectivity index (χ0) is 15.7. The van der Waals surface area contributed by atoms with Gasteiger partial charge in [0.15, 0.2) is 5.78 Å². The van der Waals surface area contributed by atoms with Crippen LogP contribution in [0.5, 0.6) is 0 Å². The number of hydrogen-bond donors (Lipinski definition) is 0. The van der Waals surface area contributed by atoms with Crippen molar-refractivity contribution in [2.75, 3.05) is 47.1 Å². The van der Waals surface area contributed by atoms with E-state index in [-0.39, 0.29) is 5.78 Å². The summed E-state index contributed by atoms with van der Waals surface area (Å²) in [6.07, 6.45) is 0.425. The molecule has 21 heavy (non-hydrogen) atoms. The highest BCUT2D eigenvalue weighted by Gasteiger charge is 2.13. The van der Waals surface area contributed by atoms with E-state index in [0.717, 1.165) is 17.6 Å². The van der Waals surface area contributed by atoms with Gasteiger partial charge in [-0.2, -0.15) is 0 Å². The molecule has 1 aromatic carbocycles. The number of nitrogens with zero attached hydrogens (tertiary/aromatic N) is 1. The number of rotatable bonds is 10. The van der Waals surface area contributed by atoms with Crippen molar-refractivity contribution in [3.63, 3.8) is 0 Å². The van der Waals surface area contributed by atoms with Gasteiger partial charge < -0.3 is 9.47 Å². The first-order chi connectivity index (χ1) is 10.1. The van der Waals surface area contributed by atoms with Crippen molar-refractivity contribution < 1.29 is 14.3 Å². The highest BCUT2D eigenvalue weighted by Crippen LogP contribution is 2.22. The molecule has 0 heterocycles. The third-order valence-electron chi connectivity index (χ3n) is 3.11. The molecule has 0 aliphatic rings. The average molecular weight is 379 g/mol. The van der Waals surface area contributed by atoms with E-state index in [1.165, 1.54) is 0 Å². The normalized spacial score (nSPS) is 11.1. The Morgan fingerprint density at radius 1 is 1.19 bits per heavy atom. The second kappa shape index (κ2) is 10.3. The van der Waals surface area contributed by atoms with Gasteiger partial charge in [-0.25, -0.2) is 0 Å². The number of benzene rings is 1. The molecule has 0 aliphatic heterocycles. The van der Waals surface area contributed by atoms with Gasteiger partial charge in [-0.05, 0) is 18.2 Å². The average Bonchev–Trinajstić information content (AvgIpc) is 2.46. The predicted octanol–water partition coefficient (Wildman–Crippen LogP) is 3.27. The molecule has 6 heteroatoms. The van der Waals surface area contributed by atoms with Crippen LogP contribution in [0.15, 0.2) is 22.7 Å². The summed E-state index contributed by atoms with van der Waals surface area (Å²) in [6.45, 7) is 3.49. The van der Waals surface area contributed by atoms with E-state index >= 15 is 0 Å². The molecule has 0 fully saturated rings. The molecule has 118 valence electrons. The summed E-state index contributed by atoms with van der Waals surface area (Å²) >= 11 is 9.44. The van der Waals surface area contributed by atoms with Gasteiger partial charge in [0.05, 0.1) is 18.2 Å². The van der Waals surface area contributed by atoms with Crippen LogP contribution >= 0.6 is 27.5 Å². The number of ether oxygens (including phenoxy) is 2. The Morgan fingerprint density at radius 3 is 2.33 bits per heavy atom. The molecule has 1 rings (SSSR count). The Morgan fingerprint density at radius 2 is 1.81 bits per heavy atom. The van der Waals surface area contributed by atoms with Crippen molar-refractivity contribution in [2.45, 2.75) is 6.42 Å². The quantitative estimate of drug-likeness (QED) is 0.586. The second-order valence-corrected chi connectivity index (χ2v) is 5.95. The van der Waals surface area contributed by atoms with E-state index in [1.54, 1.807) is 26.4 Å². The maximum atomic E-state index is 12.2. The zero-order valence-electron chi connectivity index (χ0n) is 12.4. The minimum Gasteiger partial charge on any atom is -0.383 e. The molecule has 1 aromatic rings. The summed E-state index contributed by atoms with van der Waals surface area (Å²) in [5, 5.41) is 0.481. The molecular formula is C15H21BrClNO3. The van der Waals surface area contributed by atoms with Crippen LogP contribution in [0.1, 0.15) is 16.8 Å². The lowest BCUT2D eigenvalue weighted by atomic mass is 10.1. The number of methoxy groups -OCH3 is 2. The molecule has 0 unspecified atom stereocenters. The fourth-order valence-electron chi connectivity index (χ4n) is 1.89. The van der Waals surface area contributed by atoms with E-state index in [1.807, 2.05) is 6.07 Å². The van der Waals surface area contributed by atoms with Crippen molar-refractivity contribution in [1.29, 1.82) is 0 Å². The highest BCUT2D eigenvalue weighted by molar-refractivity contribution is 9.10. The second-order valence-electron chi connectivity index (χ2n) is 4.62. The highest BCUT2D eigenvalue weighted by atomic mass is 79.9. The Balaban J connectivity index is 2.55. The summed E-state index contributed by atoms with van der Waals surface area (Å²) < 4.78 is 11.0. The maximum Gasteiger partial charge on any atom is 0.165 e. The van der Waals surface area contributed by atoms with Gasteiger partial charge in [0.25, 0.3) is 0 Å². The molecular weight excluding hydrogens is 358 g/mol. The number of Topliss-reactive ketones (excluding diaryl/α,β-unsaturated/α-hetero) is 1. The van der Waals surface area contributed by atoms with Crippen molar-refractivity contribution in [3.8, 4) is 0 Å². The molecule has 0 aromatic heterocycles. The fourth-order valence-corrected chi connectivity index (χ4v) is 2.66. The zero-order valence-corrected chi connectivity index (χ0v) is 14.7. The molecule has 0 spiro atoms. The summed E-state index contributed by atoms with van der Waals surface area (Å²) in [7, 11) is 3.34. The molecule has 0 aliphatic carbocycles. The van der Waals surface area contributed by atoms with E-state index in [9.17, 15) is 4.79 Å². The van der Waals surface area contributed by atoms with Crippen LogP contribution in [-0.2, 0) is 9.47 Å². The number of carbonyl (C=O) groups excluding carboxylic acids is 1. The van der Waals surface area contributed by atoms with Crippen molar-refractivity contribution in [2.24, 2.45) is 0 Å². The van der Waals surface area contributed by atoms with Crippen LogP contribution in [0.25, 0.3) is 0 Å². The van der Waals surface area contributed by atoms with E-state index in [2.05, 4.69) is 20.8 Å². The first-order valence-corrected chi connectivity index (χ1v) is 7.94. The first kappa shape index (κ1) is 18.6. The topological polar surface area (TPSA) is 38.8 Å². The van der Waals surface area contributed by atoms with Gasteiger partial charge in [0.2, 0.25) is 0 Å². The van der Waals surface area contributed by atoms with Crippen LogP contribution in [0, 0.1) is 0 Å². The van der Waals surface area contributed by atoms with E-state index in [4.69, 9.17) is 21.1 Å². The number of halogens is 2. The predicted molar refractivity (Wildman–Crippen MR) is 88.3 cm³/mol. The minimum absolute atomic E-state index is 0.0485. The standard InChI is InChI=1S/C15H21BrClNO3/c1-20-9-7-18(8-10-21-2)6-5-15(19)13-4-3-12(16)11-14(13)17/h3-4,11H,5-10H2,1-2H3. The van der Waals surface area contributed by atoms with Gasteiger partial charge in [-0.1, -0.05) is 27.5 Å². The van der Waals surface area contributed by atoms with Gasteiger partial charge >= 0.3 is 0 Å². The molecule has 0 amide bonds. The fraction of sp³-hybridized carbons (Fsp3) is 0.533. The maximum absolute atomic E-state index is 12.2. The van der Waals surface area contributed by atoms with Gasteiger partial charge in [0.1, 0.15) is 0 Å². The van der Waals surface area contributed by atoms with E-state index in [0.29, 0.717) is 36.8 Å². The lowest BCUT2D eigenvalue weighted by molar-refractivity contribution is 0.0911. The third kappa shape index (κ3) is 6.89. The van der Waals surface area contributed by atoms with Crippen LogP contribution in [0.4, 0.5) is 0 Å². The summed E-state index contributed by atoms with van der Waals surface area (Å²) in [4.78, 5) is 14.4. The van der Waals surface area contributed by atoms with Crippen LogP contribution in [-0.4, -0.2) is 57.8 Å². The largest absolute Gasteiger partial charge is 0.383 e. The van der Waals surface area contributed by atoms with Crippen molar-refractivity contribution >= 4 is 33.3 Å². The van der Waals surface area contributed by atoms with Gasteiger partial charge in [0, 0.05) is 50.3 Å². The summed E-state index contributed by atoms with van der Waals surface area (Å²) in [6, 6.07) is 5.32. The minimum atomic E-state index is 0.0485. The van der Waals surface area contributed by atoms with Crippen molar-refractivity contribution in [3.05, 3.63) is 33.3 Å². The summed E-state index contributed by atoms with van der Waals surface area (Å²) in [5.41, 5.74) is 0.568. The summed E-state index contributed by atoms with van der Waals surface area (Å²) in [5.74, 6) is 0.0485. The smallest absolute Gasteiger partial charge is 0.165 e. The Bertz CT molecular complexity index is 449. The van der Waals surface area contributed by atoms with Crippen LogP contribution < -0.4 is 0 Å². The molecule has 4 nitrogen and oxygen atoms in total. The van der Waals surface area contributed by atoms with Gasteiger partial charge in [-0.3, -0.25) is 9.69 Å². The number of carbonyl (C=O) groups is 1. The van der Waals surface area contributed by atoms with Crippen LogP contribution in [0.2, 0.25) is 5.02 Å². The monoisotopic (exact) mass is 377 g/mol.